The van der Waals surface area contributed by atoms with E-state index in [9.17, 15) is 5.11 Å². The third kappa shape index (κ3) is 5.08. The summed E-state index contributed by atoms with van der Waals surface area (Å²) in [4.78, 5) is 13.1. The average molecular weight is 309 g/mol. The van der Waals surface area contributed by atoms with E-state index in [0.717, 1.165) is 32.0 Å². The lowest BCUT2D eigenvalue weighted by Gasteiger charge is -2.33. The molecule has 1 saturated heterocycles. The summed E-state index contributed by atoms with van der Waals surface area (Å²) in [5, 5.41) is 13.1. The first-order valence-electron chi connectivity index (χ1n) is 7.85. The van der Waals surface area contributed by atoms with Crippen LogP contribution >= 0.6 is 0 Å². The largest absolute Gasteiger partial charge is 0.472 e. The van der Waals surface area contributed by atoms with Gasteiger partial charge in [0.05, 0.1) is 0 Å². The smallest absolute Gasteiger partial charge is 0.257 e. The van der Waals surface area contributed by atoms with Crippen molar-refractivity contribution in [2.24, 2.45) is 0 Å². The Balaban J connectivity index is 1.91. The molecule has 1 atom stereocenters. The van der Waals surface area contributed by atoms with E-state index in [1.54, 1.807) is 12.4 Å². The zero-order chi connectivity index (χ0) is 15.9. The maximum Gasteiger partial charge on any atom is 0.257 e. The molecule has 1 fully saturated rings. The van der Waals surface area contributed by atoms with Gasteiger partial charge in [-0.1, -0.05) is 13.8 Å². The van der Waals surface area contributed by atoms with E-state index < -0.39 is 6.10 Å². The molecule has 22 heavy (non-hydrogen) atoms. The third-order valence-corrected chi connectivity index (χ3v) is 3.62. The summed E-state index contributed by atoms with van der Waals surface area (Å²) in [5.74, 6) is 1.26. The number of hydrogen-bond acceptors (Lipinski definition) is 7. The lowest BCUT2D eigenvalue weighted by atomic mass is 10.3. The first kappa shape index (κ1) is 16.9. The number of aliphatic hydroxyl groups excluding tert-OH is 1. The van der Waals surface area contributed by atoms with Crippen molar-refractivity contribution in [3.63, 3.8) is 0 Å². The molecule has 124 valence electrons. The van der Waals surface area contributed by atoms with E-state index in [-0.39, 0.29) is 6.61 Å². The maximum atomic E-state index is 9.94. The van der Waals surface area contributed by atoms with Crippen molar-refractivity contribution >= 4 is 5.82 Å². The summed E-state index contributed by atoms with van der Waals surface area (Å²) in [6.07, 6.45) is 2.73. The lowest BCUT2D eigenvalue weighted by Crippen LogP contribution is -2.45. The molecule has 1 aliphatic heterocycles. The fraction of sp³-hybridized carbons (Fsp3) is 0.733. The Morgan fingerprint density at radius 1 is 1.23 bits per heavy atom. The Kier molecular flexibility index (Phi) is 6.35. The van der Waals surface area contributed by atoms with Crippen LogP contribution in [0.25, 0.3) is 0 Å². The number of likely N-dealkylation sites (N-methyl/N-ethyl adjacent to an activating group) is 1. The normalized spacial score (nSPS) is 17.8. The number of aromatic nitrogens is 2. The number of ether oxygens (including phenoxy) is 1. The maximum absolute atomic E-state index is 9.94. The van der Waals surface area contributed by atoms with Gasteiger partial charge in [-0.05, 0) is 7.05 Å². The van der Waals surface area contributed by atoms with Crippen molar-refractivity contribution < 1.29 is 9.84 Å². The molecule has 0 spiro atoms. The Hall–Kier alpha value is -1.44. The first-order valence-corrected chi connectivity index (χ1v) is 7.85. The highest BCUT2D eigenvalue weighted by atomic mass is 16.5. The molecule has 7 heteroatoms. The van der Waals surface area contributed by atoms with Gasteiger partial charge in [0.25, 0.3) is 5.88 Å². The van der Waals surface area contributed by atoms with Gasteiger partial charge >= 0.3 is 0 Å². The van der Waals surface area contributed by atoms with E-state index in [1.165, 1.54) is 0 Å². The van der Waals surface area contributed by atoms with Crippen molar-refractivity contribution in [2.45, 2.75) is 26.0 Å². The fourth-order valence-corrected chi connectivity index (χ4v) is 2.26. The topological polar surface area (TPSA) is 73.7 Å². The van der Waals surface area contributed by atoms with Crippen LogP contribution in [0.15, 0.2) is 12.4 Å². The van der Waals surface area contributed by atoms with Crippen molar-refractivity contribution in [1.82, 2.24) is 20.2 Å². The van der Waals surface area contributed by atoms with Gasteiger partial charge in [0.2, 0.25) is 0 Å². The number of hydrogen-bond donors (Lipinski definition) is 2. The van der Waals surface area contributed by atoms with E-state index in [2.05, 4.69) is 32.1 Å². The zero-order valence-corrected chi connectivity index (χ0v) is 13.7. The van der Waals surface area contributed by atoms with Crippen LogP contribution in [-0.2, 0) is 0 Å². The molecule has 0 aromatic carbocycles. The molecule has 7 nitrogen and oxygen atoms in total. The van der Waals surface area contributed by atoms with E-state index in [0.29, 0.717) is 18.5 Å². The van der Waals surface area contributed by atoms with Crippen molar-refractivity contribution in [1.29, 1.82) is 0 Å². The number of aliphatic hydroxyl groups is 1. The first-order chi connectivity index (χ1) is 10.6. The molecule has 1 aliphatic rings. The second-order valence-electron chi connectivity index (χ2n) is 6.00. The fourth-order valence-electron chi connectivity index (χ4n) is 2.26. The van der Waals surface area contributed by atoms with Gasteiger partial charge in [-0.25, -0.2) is 9.97 Å². The van der Waals surface area contributed by atoms with Gasteiger partial charge in [-0.2, -0.15) is 0 Å². The zero-order valence-electron chi connectivity index (χ0n) is 13.7. The van der Waals surface area contributed by atoms with Gasteiger partial charge < -0.3 is 25.0 Å². The monoisotopic (exact) mass is 309 g/mol. The van der Waals surface area contributed by atoms with E-state index in [1.807, 2.05) is 13.8 Å². The van der Waals surface area contributed by atoms with Gasteiger partial charge in [0.15, 0.2) is 5.82 Å². The molecular weight excluding hydrogens is 282 g/mol. The Morgan fingerprint density at radius 2 is 1.91 bits per heavy atom. The average Bonchev–Trinajstić information content (AvgIpc) is 2.52. The molecule has 1 unspecified atom stereocenters. The summed E-state index contributed by atoms with van der Waals surface area (Å²) < 4.78 is 5.69. The van der Waals surface area contributed by atoms with Gasteiger partial charge in [0.1, 0.15) is 12.7 Å². The van der Waals surface area contributed by atoms with E-state index >= 15 is 0 Å². The number of piperazine rings is 1. The van der Waals surface area contributed by atoms with Crippen LogP contribution in [0, 0.1) is 0 Å². The second-order valence-corrected chi connectivity index (χ2v) is 6.00. The molecule has 0 saturated carbocycles. The van der Waals surface area contributed by atoms with Crippen LogP contribution < -0.4 is 15.0 Å². The van der Waals surface area contributed by atoms with Crippen LogP contribution in [0.3, 0.4) is 0 Å². The molecule has 2 N–H and O–H groups in total. The Bertz CT molecular complexity index is 449. The molecular formula is C15H27N5O2. The molecule has 2 rings (SSSR count). The molecule has 0 aliphatic carbocycles. The standard InChI is InChI=1S/C15H27N5O2/c1-12(2)18-10-13(21)11-22-15-14(16-4-5-17-15)20-8-6-19(3)7-9-20/h4-5,12-13,18,21H,6-11H2,1-3H3. The lowest BCUT2D eigenvalue weighted by molar-refractivity contribution is 0.102. The number of nitrogens with zero attached hydrogens (tertiary/aromatic N) is 4. The quantitative estimate of drug-likeness (QED) is 0.732. The van der Waals surface area contributed by atoms with Crippen LogP contribution in [0.4, 0.5) is 5.82 Å². The number of anilines is 1. The minimum Gasteiger partial charge on any atom is -0.472 e. The summed E-state index contributed by atoms with van der Waals surface area (Å²) in [5.41, 5.74) is 0. The van der Waals surface area contributed by atoms with Crippen LogP contribution in [-0.4, -0.2) is 78.5 Å². The number of rotatable bonds is 7. The van der Waals surface area contributed by atoms with Crippen molar-refractivity contribution in [3.05, 3.63) is 12.4 Å². The van der Waals surface area contributed by atoms with Crippen LogP contribution in [0.5, 0.6) is 5.88 Å². The predicted octanol–water partition coefficient (Wildman–Crippen LogP) is -0.0339. The second kappa shape index (κ2) is 8.26. The predicted molar refractivity (Wildman–Crippen MR) is 86.4 cm³/mol. The highest BCUT2D eigenvalue weighted by molar-refractivity contribution is 5.48. The molecule has 0 bridgehead atoms. The van der Waals surface area contributed by atoms with Crippen molar-refractivity contribution in [2.75, 3.05) is 51.3 Å². The minimum absolute atomic E-state index is 0.207. The SMILES string of the molecule is CC(C)NCC(O)COc1nccnc1N1CCN(C)CC1. The molecule has 0 amide bonds. The summed E-state index contributed by atoms with van der Waals surface area (Å²) in [6.45, 7) is 8.60. The molecule has 2 heterocycles. The molecule has 0 radical (unpaired) electrons. The van der Waals surface area contributed by atoms with Gasteiger partial charge in [-0.3, -0.25) is 0 Å². The van der Waals surface area contributed by atoms with Crippen LogP contribution in [0.1, 0.15) is 13.8 Å². The Morgan fingerprint density at radius 3 is 2.59 bits per heavy atom. The minimum atomic E-state index is -0.565. The Labute approximate surface area is 132 Å². The van der Waals surface area contributed by atoms with Crippen LogP contribution in [0.2, 0.25) is 0 Å². The summed E-state index contributed by atoms with van der Waals surface area (Å²) in [7, 11) is 2.11. The molecule has 1 aromatic rings. The summed E-state index contributed by atoms with van der Waals surface area (Å²) in [6, 6.07) is 0.340. The highest BCUT2D eigenvalue weighted by Gasteiger charge is 2.20. The van der Waals surface area contributed by atoms with Gasteiger partial charge in [0, 0.05) is 51.2 Å². The highest BCUT2D eigenvalue weighted by Crippen LogP contribution is 2.23. The van der Waals surface area contributed by atoms with Gasteiger partial charge in [-0.15, -0.1) is 0 Å². The van der Waals surface area contributed by atoms with Crippen molar-refractivity contribution in [3.8, 4) is 5.88 Å². The third-order valence-electron chi connectivity index (χ3n) is 3.62. The molecule has 1 aromatic heterocycles. The van der Waals surface area contributed by atoms with E-state index in [4.69, 9.17) is 4.74 Å². The summed E-state index contributed by atoms with van der Waals surface area (Å²) >= 11 is 0. The number of nitrogens with one attached hydrogen (secondary N) is 1.